The first-order chi connectivity index (χ1) is 13.7. The Kier molecular flexibility index (Phi) is 3.84. The van der Waals surface area contributed by atoms with Gasteiger partial charge in [-0.05, 0) is 46.0 Å². The molecule has 0 N–H and O–H groups in total. The third-order valence-electron chi connectivity index (χ3n) is 5.18. The second kappa shape index (κ2) is 6.50. The molecule has 0 saturated heterocycles. The summed E-state index contributed by atoms with van der Waals surface area (Å²) in [7, 11) is 0. The molecule has 0 bridgehead atoms. The maximum Gasteiger partial charge on any atom is 0.344 e. The molecule has 0 atom stereocenters. The first-order valence-electron chi connectivity index (χ1n) is 9.34. The zero-order valence-corrected chi connectivity index (χ0v) is 15.5. The van der Waals surface area contributed by atoms with E-state index < -0.39 is 0 Å². The Bertz CT molecular complexity index is 1360. The molecule has 0 spiro atoms. The van der Waals surface area contributed by atoms with Gasteiger partial charge in [0, 0.05) is 5.39 Å². The second-order valence-electron chi connectivity index (χ2n) is 6.96. The van der Waals surface area contributed by atoms with E-state index in [1.54, 1.807) is 0 Å². The minimum atomic E-state index is -0.289. The predicted molar refractivity (Wildman–Crippen MR) is 116 cm³/mol. The fourth-order valence-corrected chi connectivity index (χ4v) is 4.06. The van der Waals surface area contributed by atoms with Gasteiger partial charge in [0.25, 0.3) is 0 Å². The van der Waals surface area contributed by atoms with Crippen LogP contribution in [0.1, 0.15) is 5.76 Å². The van der Waals surface area contributed by atoms with Crippen molar-refractivity contribution in [2.75, 3.05) is 0 Å². The van der Waals surface area contributed by atoms with Gasteiger partial charge in [-0.15, -0.1) is 0 Å². The average molecular weight is 362 g/mol. The second-order valence-corrected chi connectivity index (χ2v) is 6.96. The van der Waals surface area contributed by atoms with Crippen molar-refractivity contribution >= 4 is 21.5 Å². The highest BCUT2D eigenvalue weighted by molar-refractivity contribution is 6.21. The number of aryl methyl sites for hydroxylation is 1. The highest BCUT2D eigenvalue weighted by Crippen LogP contribution is 2.43. The maximum absolute atomic E-state index is 12.9. The molecule has 2 heteroatoms. The van der Waals surface area contributed by atoms with E-state index in [1.165, 1.54) is 0 Å². The molecule has 5 rings (SSSR count). The quantitative estimate of drug-likeness (QED) is 0.332. The summed E-state index contributed by atoms with van der Waals surface area (Å²) >= 11 is 0. The summed E-state index contributed by atoms with van der Waals surface area (Å²) in [5, 5.41) is 3.54. The monoisotopic (exact) mass is 362 g/mol. The van der Waals surface area contributed by atoms with Gasteiger partial charge in [0.1, 0.15) is 5.76 Å². The van der Waals surface area contributed by atoms with Crippen molar-refractivity contribution in [1.82, 2.24) is 0 Å². The number of benzene rings is 4. The fourth-order valence-electron chi connectivity index (χ4n) is 4.06. The molecule has 0 aliphatic rings. The van der Waals surface area contributed by atoms with Gasteiger partial charge in [0.05, 0.1) is 5.39 Å². The lowest BCUT2D eigenvalue weighted by atomic mass is 9.85. The molecule has 1 aromatic heterocycles. The lowest BCUT2D eigenvalue weighted by Crippen LogP contribution is -2.03. The van der Waals surface area contributed by atoms with Gasteiger partial charge in [-0.3, -0.25) is 0 Å². The third-order valence-corrected chi connectivity index (χ3v) is 5.18. The standard InChI is InChI=1S/C26H18O2/c1-17-16-22-24(19-12-6-3-7-13-19)23(18-10-4-2-5-11-18)20-14-8-9-15-21(20)25(22)26(27)28-17/h2-16H,1H3. The molecule has 0 aliphatic heterocycles. The summed E-state index contributed by atoms with van der Waals surface area (Å²) in [6.45, 7) is 1.83. The lowest BCUT2D eigenvalue weighted by molar-refractivity contribution is 0.489. The van der Waals surface area contributed by atoms with E-state index in [0.717, 1.165) is 38.4 Å². The number of hydrogen-bond donors (Lipinski definition) is 0. The highest BCUT2D eigenvalue weighted by atomic mass is 16.4. The van der Waals surface area contributed by atoms with E-state index in [1.807, 2.05) is 67.6 Å². The van der Waals surface area contributed by atoms with Crippen LogP contribution in [0.4, 0.5) is 0 Å². The Morgan fingerprint density at radius 3 is 1.71 bits per heavy atom. The zero-order valence-electron chi connectivity index (χ0n) is 15.5. The minimum Gasteiger partial charge on any atom is -0.428 e. The van der Waals surface area contributed by atoms with Crippen LogP contribution in [0, 0.1) is 6.92 Å². The topological polar surface area (TPSA) is 30.2 Å². The summed E-state index contributed by atoms with van der Waals surface area (Å²) < 4.78 is 5.48. The van der Waals surface area contributed by atoms with Crippen LogP contribution >= 0.6 is 0 Å². The molecule has 5 aromatic rings. The Balaban J connectivity index is 2.11. The Labute approximate surface area is 162 Å². The van der Waals surface area contributed by atoms with Crippen molar-refractivity contribution in [2.45, 2.75) is 6.92 Å². The molecule has 0 radical (unpaired) electrons. The summed E-state index contributed by atoms with van der Waals surface area (Å²) in [4.78, 5) is 12.9. The van der Waals surface area contributed by atoms with Crippen LogP contribution in [0.25, 0.3) is 43.8 Å². The van der Waals surface area contributed by atoms with Crippen LogP contribution in [0.15, 0.2) is 100 Å². The Morgan fingerprint density at radius 1 is 0.607 bits per heavy atom. The van der Waals surface area contributed by atoms with Crippen LogP contribution < -0.4 is 5.63 Å². The van der Waals surface area contributed by atoms with E-state index in [9.17, 15) is 4.79 Å². The molecule has 0 amide bonds. The summed E-state index contributed by atoms with van der Waals surface area (Å²) in [6.07, 6.45) is 0. The van der Waals surface area contributed by atoms with Crippen LogP contribution in [0.2, 0.25) is 0 Å². The molecular formula is C26H18O2. The van der Waals surface area contributed by atoms with E-state index in [0.29, 0.717) is 11.1 Å². The molecule has 28 heavy (non-hydrogen) atoms. The lowest BCUT2D eigenvalue weighted by Gasteiger charge is -2.18. The molecule has 2 nitrogen and oxygen atoms in total. The van der Waals surface area contributed by atoms with E-state index in [-0.39, 0.29) is 5.63 Å². The Morgan fingerprint density at radius 2 is 1.11 bits per heavy atom. The van der Waals surface area contributed by atoms with Gasteiger partial charge in [-0.25, -0.2) is 4.79 Å². The van der Waals surface area contributed by atoms with Gasteiger partial charge >= 0.3 is 5.63 Å². The number of rotatable bonds is 2. The Hall–Kier alpha value is -3.65. The van der Waals surface area contributed by atoms with Crippen LogP contribution in [0.3, 0.4) is 0 Å². The predicted octanol–water partition coefficient (Wildman–Crippen LogP) is 6.59. The van der Waals surface area contributed by atoms with Crippen molar-refractivity contribution in [3.8, 4) is 22.3 Å². The SMILES string of the molecule is Cc1cc2c(-c3ccccc3)c(-c3ccccc3)c3ccccc3c2c(=O)o1. The largest absolute Gasteiger partial charge is 0.428 e. The van der Waals surface area contributed by atoms with Crippen LogP contribution in [-0.4, -0.2) is 0 Å². The smallest absolute Gasteiger partial charge is 0.344 e. The molecule has 0 aliphatic carbocycles. The molecule has 0 fully saturated rings. The number of fused-ring (bicyclic) bond motifs is 3. The van der Waals surface area contributed by atoms with Crippen molar-refractivity contribution in [3.63, 3.8) is 0 Å². The van der Waals surface area contributed by atoms with Gasteiger partial charge in [-0.2, -0.15) is 0 Å². The molecule has 0 unspecified atom stereocenters. The maximum atomic E-state index is 12.9. The van der Waals surface area contributed by atoms with Crippen LogP contribution in [0.5, 0.6) is 0 Å². The summed E-state index contributed by atoms with van der Waals surface area (Å²) in [5.74, 6) is 0.615. The van der Waals surface area contributed by atoms with Gasteiger partial charge in [-0.1, -0.05) is 84.9 Å². The minimum absolute atomic E-state index is 0.289. The van der Waals surface area contributed by atoms with Crippen molar-refractivity contribution in [1.29, 1.82) is 0 Å². The molecule has 1 heterocycles. The highest BCUT2D eigenvalue weighted by Gasteiger charge is 2.19. The third kappa shape index (κ3) is 2.54. The summed E-state index contributed by atoms with van der Waals surface area (Å²) in [5.41, 5.74) is 4.13. The normalized spacial score (nSPS) is 11.2. The van der Waals surface area contributed by atoms with E-state index >= 15 is 0 Å². The zero-order chi connectivity index (χ0) is 19.1. The van der Waals surface area contributed by atoms with Crippen molar-refractivity contribution in [2.24, 2.45) is 0 Å². The molecule has 134 valence electrons. The average Bonchev–Trinajstić information content (AvgIpc) is 2.73. The van der Waals surface area contributed by atoms with Gasteiger partial charge < -0.3 is 4.42 Å². The first kappa shape index (κ1) is 16.5. The van der Waals surface area contributed by atoms with Gasteiger partial charge in [0.2, 0.25) is 0 Å². The van der Waals surface area contributed by atoms with E-state index in [2.05, 4.69) is 30.3 Å². The van der Waals surface area contributed by atoms with Crippen molar-refractivity contribution < 1.29 is 4.42 Å². The summed E-state index contributed by atoms with van der Waals surface area (Å²) in [6, 6.07) is 30.7. The van der Waals surface area contributed by atoms with Crippen molar-refractivity contribution in [3.05, 3.63) is 107 Å². The first-order valence-corrected chi connectivity index (χ1v) is 9.34. The van der Waals surface area contributed by atoms with E-state index in [4.69, 9.17) is 4.42 Å². The molecule has 0 saturated carbocycles. The van der Waals surface area contributed by atoms with Crippen LogP contribution in [-0.2, 0) is 0 Å². The number of hydrogen-bond acceptors (Lipinski definition) is 2. The molecule has 4 aromatic carbocycles. The fraction of sp³-hybridized carbons (Fsp3) is 0.0385. The van der Waals surface area contributed by atoms with Gasteiger partial charge in [0.15, 0.2) is 0 Å². The molecular weight excluding hydrogens is 344 g/mol.